The average molecular weight is 270 g/mol. The van der Waals surface area contributed by atoms with Crippen molar-refractivity contribution in [2.75, 3.05) is 0 Å². The van der Waals surface area contributed by atoms with Gasteiger partial charge in [0.05, 0.1) is 12.3 Å². The zero-order chi connectivity index (χ0) is 14.5. The van der Waals surface area contributed by atoms with Gasteiger partial charge < -0.3 is 10.2 Å². The fourth-order valence-corrected chi connectivity index (χ4v) is 1.90. The molecule has 0 aliphatic rings. The highest BCUT2D eigenvalue weighted by Gasteiger charge is 2.18. The van der Waals surface area contributed by atoms with E-state index in [0.717, 1.165) is 12.8 Å². The van der Waals surface area contributed by atoms with Crippen LogP contribution < -0.4 is 0 Å². The fraction of sp³-hybridized carbons (Fsp3) is 0.733. The standard InChI is InChI=1S/C15H26O4/c1-2-3-4-5-6-7-8-9-10-11-13(15(18)19)12-14(16)17/h9-10,13H,2-8,11-12H2,1H3,(H,16,17)(H,18,19)/b10-9-. The second-order valence-electron chi connectivity index (χ2n) is 4.90. The van der Waals surface area contributed by atoms with Gasteiger partial charge in [0.25, 0.3) is 0 Å². The summed E-state index contributed by atoms with van der Waals surface area (Å²) in [5, 5.41) is 17.4. The number of carbonyl (C=O) groups is 2. The molecule has 1 unspecified atom stereocenters. The first-order valence-electron chi connectivity index (χ1n) is 7.17. The van der Waals surface area contributed by atoms with E-state index in [1.54, 1.807) is 6.08 Å². The summed E-state index contributed by atoms with van der Waals surface area (Å²) < 4.78 is 0. The molecule has 0 aromatic heterocycles. The van der Waals surface area contributed by atoms with E-state index in [1.165, 1.54) is 32.1 Å². The topological polar surface area (TPSA) is 74.6 Å². The third-order valence-corrected chi connectivity index (χ3v) is 3.08. The van der Waals surface area contributed by atoms with Crippen molar-refractivity contribution in [1.29, 1.82) is 0 Å². The van der Waals surface area contributed by atoms with Gasteiger partial charge in [0.2, 0.25) is 0 Å². The van der Waals surface area contributed by atoms with Crippen molar-refractivity contribution in [2.45, 2.75) is 64.7 Å². The highest BCUT2D eigenvalue weighted by molar-refractivity contribution is 5.77. The lowest BCUT2D eigenvalue weighted by atomic mass is 10.0. The normalized spacial score (nSPS) is 12.7. The van der Waals surface area contributed by atoms with E-state index in [-0.39, 0.29) is 6.42 Å². The van der Waals surface area contributed by atoms with Gasteiger partial charge in [-0.05, 0) is 19.3 Å². The molecule has 0 spiro atoms. The van der Waals surface area contributed by atoms with Crippen molar-refractivity contribution in [3.8, 4) is 0 Å². The maximum atomic E-state index is 10.8. The lowest BCUT2D eigenvalue weighted by molar-refractivity contribution is -0.148. The number of allylic oxidation sites excluding steroid dienone is 2. The van der Waals surface area contributed by atoms with Gasteiger partial charge in [-0.3, -0.25) is 9.59 Å². The predicted octanol–water partition coefficient (Wildman–Crippen LogP) is 3.86. The molecule has 0 aromatic rings. The number of rotatable bonds is 12. The van der Waals surface area contributed by atoms with Crippen LogP contribution in [0.4, 0.5) is 0 Å². The number of hydrogen-bond donors (Lipinski definition) is 2. The molecule has 0 amide bonds. The maximum Gasteiger partial charge on any atom is 0.307 e. The van der Waals surface area contributed by atoms with E-state index in [9.17, 15) is 9.59 Å². The van der Waals surface area contributed by atoms with E-state index in [4.69, 9.17) is 10.2 Å². The summed E-state index contributed by atoms with van der Waals surface area (Å²) in [6.07, 6.45) is 12.1. The number of aliphatic carboxylic acids is 2. The first kappa shape index (κ1) is 17.7. The van der Waals surface area contributed by atoms with Crippen LogP contribution in [0.5, 0.6) is 0 Å². The van der Waals surface area contributed by atoms with Gasteiger partial charge in [0.1, 0.15) is 0 Å². The highest BCUT2D eigenvalue weighted by atomic mass is 16.4. The third kappa shape index (κ3) is 11.5. The van der Waals surface area contributed by atoms with Gasteiger partial charge in [0, 0.05) is 0 Å². The number of hydrogen-bond acceptors (Lipinski definition) is 2. The van der Waals surface area contributed by atoms with E-state index in [2.05, 4.69) is 6.92 Å². The van der Waals surface area contributed by atoms with Crippen LogP contribution in [0.2, 0.25) is 0 Å². The molecule has 1 atom stereocenters. The summed E-state index contributed by atoms with van der Waals surface area (Å²) in [4.78, 5) is 21.3. The average Bonchev–Trinajstić information content (AvgIpc) is 2.34. The summed E-state index contributed by atoms with van der Waals surface area (Å²) in [5.41, 5.74) is 0. The molecule has 4 heteroatoms. The number of carboxylic acids is 2. The minimum absolute atomic E-state index is 0.303. The Kier molecular flexibility index (Phi) is 10.9. The van der Waals surface area contributed by atoms with Crippen molar-refractivity contribution in [3.05, 3.63) is 12.2 Å². The van der Waals surface area contributed by atoms with Gasteiger partial charge in [0.15, 0.2) is 0 Å². The Balaban J connectivity index is 3.64. The largest absolute Gasteiger partial charge is 0.481 e. The molecule has 4 nitrogen and oxygen atoms in total. The molecule has 0 fully saturated rings. The molecule has 2 N–H and O–H groups in total. The first-order valence-corrected chi connectivity index (χ1v) is 7.17. The van der Waals surface area contributed by atoms with Crippen molar-refractivity contribution in [2.24, 2.45) is 5.92 Å². The molecule has 0 saturated carbocycles. The Morgan fingerprint density at radius 3 is 2.21 bits per heavy atom. The summed E-state index contributed by atoms with van der Waals surface area (Å²) in [6, 6.07) is 0. The summed E-state index contributed by atoms with van der Waals surface area (Å²) in [7, 11) is 0. The molecule has 0 aliphatic heterocycles. The maximum absolute atomic E-state index is 10.8. The fourth-order valence-electron chi connectivity index (χ4n) is 1.90. The summed E-state index contributed by atoms with van der Waals surface area (Å²) >= 11 is 0. The predicted molar refractivity (Wildman–Crippen MR) is 75.1 cm³/mol. The van der Waals surface area contributed by atoms with Gasteiger partial charge >= 0.3 is 11.9 Å². The lowest BCUT2D eigenvalue weighted by Crippen LogP contribution is -2.16. The van der Waals surface area contributed by atoms with Crippen LogP contribution in [-0.2, 0) is 9.59 Å². The Morgan fingerprint density at radius 2 is 1.63 bits per heavy atom. The molecular formula is C15H26O4. The smallest absolute Gasteiger partial charge is 0.307 e. The lowest BCUT2D eigenvalue weighted by Gasteiger charge is -2.05. The molecule has 0 aromatic carbocycles. The molecular weight excluding hydrogens is 244 g/mol. The first-order chi connectivity index (χ1) is 9.07. The van der Waals surface area contributed by atoms with Crippen LogP contribution in [0.25, 0.3) is 0 Å². The van der Waals surface area contributed by atoms with E-state index >= 15 is 0 Å². The van der Waals surface area contributed by atoms with Gasteiger partial charge in [-0.2, -0.15) is 0 Å². The van der Waals surface area contributed by atoms with Crippen LogP contribution in [0.3, 0.4) is 0 Å². The van der Waals surface area contributed by atoms with Crippen LogP contribution in [0, 0.1) is 5.92 Å². The molecule has 0 radical (unpaired) electrons. The summed E-state index contributed by atoms with van der Waals surface area (Å²) in [6.45, 7) is 2.19. The Hall–Kier alpha value is -1.32. The molecule has 0 saturated heterocycles. The van der Waals surface area contributed by atoms with Crippen LogP contribution in [-0.4, -0.2) is 22.2 Å². The second-order valence-corrected chi connectivity index (χ2v) is 4.90. The molecule has 110 valence electrons. The summed E-state index contributed by atoms with van der Waals surface area (Å²) in [5.74, 6) is -2.90. The van der Waals surface area contributed by atoms with Gasteiger partial charge in [-0.25, -0.2) is 0 Å². The molecule has 0 heterocycles. The number of unbranched alkanes of at least 4 members (excludes halogenated alkanes) is 6. The van der Waals surface area contributed by atoms with Crippen molar-refractivity contribution < 1.29 is 19.8 Å². The van der Waals surface area contributed by atoms with Crippen molar-refractivity contribution in [1.82, 2.24) is 0 Å². The zero-order valence-electron chi connectivity index (χ0n) is 11.8. The number of carboxylic acid groups (broad SMARTS) is 2. The Bertz CT molecular complexity index is 284. The van der Waals surface area contributed by atoms with Gasteiger partial charge in [-0.1, -0.05) is 51.2 Å². The quantitative estimate of drug-likeness (QED) is 0.417. The highest BCUT2D eigenvalue weighted by Crippen LogP contribution is 2.11. The van der Waals surface area contributed by atoms with Gasteiger partial charge in [-0.15, -0.1) is 0 Å². The molecule has 0 bridgehead atoms. The Morgan fingerprint density at radius 1 is 1.00 bits per heavy atom. The SMILES string of the molecule is CCCCCCCC/C=C\CC(CC(=O)O)C(=O)O. The molecule has 19 heavy (non-hydrogen) atoms. The van der Waals surface area contributed by atoms with E-state index in [1.807, 2.05) is 6.08 Å². The Labute approximate surface area is 115 Å². The van der Waals surface area contributed by atoms with Crippen LogP contribution >= 0.6 is 0 Å². The van der Waals surface area contributed by atoms with Crippen molar-refractivity contribution in [3.63, 3.8) is 0 Å². The second kappa shape index (κ2) is 11.8. The minimum Gasteiger partial charge on any atom is -0.481 e. The minimum atomic E-state index is -1.06. The van der Waals surface area contributed by atoms with E-state index < -0.39 is 17.9 Å². The zero-order valence-corrected chi connectivity index (χ0v) is 11.8. The molecule has 0 aliphatic carbocycles. The molecule has 0 rings (SSSR count). The van der Waals surface area contributed by atoms with Crippen molar-refractivity contribution >= 4 is 11.9 Å². The van der Waals surface area contributed by atoms with Crippen LogP contribution in [0.1, 0.15) is 64.7 Å². The monoisotopic (exact) mass is 270 g/mol. The third-order valence-electron chi connectivity index (χ3n) is 3.08. The van der Waals surface area contributed by atoms with E-state index in [0.29, 0.717) is 6.42 Å². The van der Waals surface area contributed by atoms with Crippen LogP contribution in [0.15, 0.2) is 12.2 Å².